The molecule has 0 bridgehead atoms. The minimum absolute atomic E-state index is 0.234. The molecule has 1 rings (SSSR count). The fourth-order valence-electron chi connectivity index (χ4n) is 1.11. The number of nitrogens with zero attached hydrogens (tertiary/aromatic N) is 2. The van der Waals surface area contributed by atoms with E-state index < -0.39 is 0 Å². The SMILES string of the molecule is COC(C)(C)CNc1nnc(Cl)c(C)c1C. The average Bonchev–Trinajstić information content (AvgIpc) is 2.25. The van der Waals surface area contributed by atoms with Crippen molar-refractivity contribution >= 4 is 17.4 Å². The summed E-state index contributed by atoms with van der Waals surface area (Å²) in [5.41, 5.74) is 1.74. The van der Waals surface area contributed by atoms with E-state index in [9.17, 15) is 0 Å². The normalized spacial score (nSPS) is 11.6. The number of nitrogens with one attached hydrogen (secondary N) is 1. The molecule has 1 aromatic heterocycles. The molecule has 4 nitrogen and oxygen atoms in total. The van der Waals surface area contributed by atoms with E-state index in [1.54, 1.807) is 7.11 Å². The highest BCUT2D eigenvalue weighted by molar-refractivity contribution is 6.30. The molecule has 0 aliphatic rings. The van der Waals surface area contributed by atoms with Crippen molar-refractivity contribution in [3.05, 3.63) is 16.3 Å². The zero-order valence-electron chi connectivity index (χ0n) is 10.4. The molecule has 1 N–H and O–H groups in total. The first-order valence-corrected chi connectivity index (χ1v) is 5.53. The van der Waals surface area contributed by atoms with Crippen molar-refractivity contribution in [3.8, 4) is 0 Å². The number of aromatic nitrogens is 2. The van der Waals surface area contributed by atoms with Gasteiger partial charge in [0.25, 0.3) is 0 Å². The molecule has 5 heteroatoms. The Hall–Kier alpha value is -0.870. The number of halogens is 1. The van der Waals surface area contributed by atoms with Crippen LogP contribution in [-0.2, 0) is 4.74 Å². The van der Waals surface area contributed by atoms with Gasteiger partial charge < -0.3 is 10.1 Å². The lowest BCUT2D eigenvalue weighted by atomic mass is 10.1. The summed E-state index contributed by atoms with van der Waals surface area (Å²) in [6.45, 7) is 8.58. The molecular weight excluding hydrogens is 226 g/mol. The van der Waals surface area contributed by atoms with Crippen LogP contribution in [0.2, 0.25) is 5.15 Å². The Bertz CT molecular complexity index is 380. The molecule has 0 spiro atoms. The second-order valence-corrected chi connectivity index (χ2v) is 4.76. The molecule has 0 atom stereocenters. The Morgan fingerprint density at radius 3 is 2.44 bits per heavy atom. The maximum atomic E-state index is 5.88. The summed E-state index contributed by atoms with van der Waals surface area (Å²) in [5.74, 6) is 0.757. The third-order valence-electron chi connectivity index (χ3n) is 2.70. The third-order valence-corrected chi connectivity index (χ3v) is 3.06. The lowest BCUT2D eigenvalue weighted by molar-refractivity contribution is 0.0343. The summed E-state index contributed by atoms with van der Waals surface area (Å²) in [4.78, 5) is 0. The minimum Gasteiger partial charge on any atom is -0.377 e. The highest BCUT2D eigenvalue weighted by atomic mass is 35.5. The molecule has 90 valence electrons. The largest absolute Gasteiger partial charge is 0.377 e. The van der Waals surface area contributed by atoms with Crippen LogP contribution in [0.25, 0.3) is 0 Å². The molecule has 0 aromatic carbocycles. The second kappa shape index (κ2) is 4.97. The number of hydrogen-bond donors (Lipinski definition) is 1. The Balaban J connectivity index is 2.80. The molecule has 1 aromatic rings. The molecule has 0 radical (unpaired) electrons. The summed E-state index contributed by atoms with van der Waals surface area (Å²) in [5, 5.41) is 11.6. The molecule has 1 heterocycles. The van der Waals surface area contributed by atoms with E-state index in [1.165, 1.54) is 0 Å². The van der Waals surface area contributed by atoms with Gasteiger partial charge in [0.15, 0.2) is 11.0 Å². The molecule has 0 unspecified atom stereocenters. The lowest BCUT2D eigenvalue weighted by Gasteiger charge is -2.23. The van der Waals surface area contributed by atoms with Crippen LogP contribution in [0.5, 0.6) is 0 Å². The van der Waals surface area contributed by atoms with E-state index in [0.717, 1.165) is 16.9 Å². The number of methoxy groups -OCH3 is 1. The third kappa shape index (κ3) is 3.06. The van der Waals surface area contributed by atoms with Crippen LogP contribution in [0.4, 0.5) is 5.82 Å². The van der Waals surface area contributed by atoms with Gasteiger partial charge >= 0.3 is 0 Å². The minimum atomic E-state index is -0.234. The van der Waals surface area contributed by atoms with Gasteiger partial charge in [-0.2, -0.15) is 0 Å². The van der Waals surface area contributed by atoms with Gasteiger partial charge in [0.2, 0.25) is 0 Å². The van der Waals surface area contributed by atoms with E-state index in [1.807, 2.05) is 27.7 Å². The molecule has 0 saturated carbocycles. The number of anilines is 1. The first-order chi connectivity index (χ1) is 7.37. The first kappa shape index (κ1) is 13.2. The summed E-state index contributed by atoms with van der Waals surface area (Å²) in [7, 11) is 1.69. The van der Waals surface area contributed by atoms with Crippen molar-refractivity contribution in [1.29, 1.82) is 0 Å². The summed E-state index contributed by atoms with van der Waals surface area (Å²) < 4.78 is 5.32. The van der Waals surface area contributed by atoms with Gasteiger partial charge in [-0.3, -0.25) is 0 Å². The highest BCUT2D eigenvalue weighted by Gasteiger charge is 2.17. The van der Waals surface area contributed by atoms with E-state index >= 15 is 0 Å². The molecule has 0 fully saturated rings. The quantitative estimate of drug-likeness (QED) is 0.883. The van der Waals surface area contributed by atoms with E-state index in [2.05, 4.69) is 15.5 Å². The smallest absolute Gasteiger partial charge is 0.155 e. The topological polar surface area (TPSA) is 47.0 Å². The van der Waals surface area contributed by atoms with Gasteiger partial charge in [-0.1, -0.05) is 11.6 Å². The fourth-order valence-corrected chi connectivity index (χ4v) is 1.29. The predicted molar refractivity (Wildman–Crippen MR) is 66.1 cm³/mol. The van der Waals surface area contributed by atoms with Crippen molar-refractivity contribution in [2.24, 2.45) is 0 Å². The monoisotopic (exact) mass is 243 g/mol. The highest BCUT2D eigenvalue weighted by Crippen LogP contribution is 2.21. The predicted octanol–water partition coefficient (Wildman–Crippen LogP) is 2.58. The van der Waals surface area contributed by atoms with Crippen LogP contribution in [0, 0.1) is 13.8 Å². The maximum absolute atomic E-state index is 5.88. The molecule has 0 aliphatic carbocycles. The van der Waals surface area contributed by atoms with Crippen molar-refractivity contribution in [2.45, 2.75) is 33.3 Å². The van der Waals surface area contributed by atoms with Crippen LogP contribution in [0.3, 0.4) is 0 Å². The number of rotatable bonds is 4. The first-order valence-electron chi connectivity index (χ1n) is 5.16. The molecular formula is C11H18ClN3O. The van der Waals surface area contributed by atoms with Gasteiger partial charge in [0, 0.05) is 13.7 Å². The van der Waals surface area contributed by atoms with E-state index in [4.69, 9.17) is 16.3 Å². The molecule has 0 saturated heterocycles. The molecule has 0 aliphatic heterocycles. The van der Waals surface area contributed by atoms with Gasteiger partial charge in [-0.15, -0.1) is 10.2 Å². The van der Waals surface area contributed by atoms with Crippen LogP contribution in [0.15, 0.2) is 0 Å². The Morgan fingerprint density at radius 2 is 1.88 bits per heavy atom. The maximum Gasteiger partial charge on any atom is 0.155 e. The van der Waals surface area contributed by atoms with Gasteiger partial charge in [0.1, 0.15) is 0 Å². The van der Waals surface area contributed by atoms with Crippen LogP contribution < -0.4 is 5.32 Å². The number of ether oxygens (including phenoxy) is 1. The van der Waals surface area contributed by atoms with Crippen molar-refractivity contribution in [1.82, 2.24) is 10.2 Å². The molecule has 16 heavy (non-hydrogen) atoms. The summed E-state index contributed by atoms with van der Waals surface area (Å²) in [6.07, 6.45) is 0. The van der Waals surface area contributed by atoms with Gasteiger partial charge in [-0.25, -0.2) is 0 Å². The number of hydrogen-bond acceptors (Lipinski definition) is 4. The van der Waals surface area contributed by atoms with Gasteiger partial charge in [0.05, 0.1) is 5.60 Å². The Labute approximate surface area is 101 Å². The average molecular weight is 244 g/mol. The van der Waals surface area contributed by atoms with Crippen LogP contribution in [0.1, 0.15) is 25.0 Å². The summed E-state index contributed by atoms with van der Waals surface area (Å²) in [6, 6.07) is 0. The Morgan fingerprint density at radius 1 is 1.25 bits per heavy atom. The van der Waals surface area contributed by atoms with Crippen molar-refractivity contribution < 1.29 is 4.74 Å². The standard InChI is InChI=1S/C11H18ClN3O/c1-7-8(2)10(15-14-9(7)12)13-6-11(3,4)16-5/h6H2,1-5H3,(H,13,15). The summed E-state index contributed by atoms with van der Waals surface area (Å²) >= 11 is 5.88. The second-order valence-electron chi connectivity index (χ2n) is 4.41. The zero-order valence-corrected chi connectivity index (χ0v) is 11.1. The zero-order chi connectivity index (χ0) is 12.3. The lowest BCUT2D eigenvalue weighted by Crippen LogP contribution is -2.32. The van der Waals surface area contributed by atoms with Crippen molar-refractivity contribution in [2.75, 3.05) is 19.0 Å². The van der Waals surface area contributed by atoms with Crippen molar-refractivity contribution in [3.63, 3.8) is 0 Å². The Kier molecular flexibility index (Phi) is 4.10. The van der Waals surface area contributed by atoms with Gasteiger partial charge in [-0.05, 0) is 38.8 Å². The van der Waals surface area contributed by atoms with Crippen LogP contribution >= 0.6 is 11.6 Å². The van der Waals surface area contributed by atoms with E-state index in [-0.39, 0.29) is 5.60 Å². The van der Waals surface area contributed by atoms with Crippen LogP contribution in [-0.4, -0.2) is 29.5 Å². The molecule has 0 amide bonds. The fraction of sp³-hybridized carbons (Fsp3) is 0.636. The van der Waals surface area contributed by atoms with E-state index in [0.29, 0.717) is 11.7 Å².